The van der Waals surface area contributed by atoms with Gasteiger partial charge in [0.2, 0.25) is 5.91 Å². The van der Waals surface area contributed by atoms with Crippen molar-refractivity contribution >= 4 is 34.8 Å². The number of carbonyl (C=O) groups excluding carboxylic acids is 1. The molecule has 110 valence electrons. The monoisotopic (exact) mass is 317 g/mol. The zero-order valence-electron chi connectivity index (χ0n) is 11.3. The van der Waals surface area contributed by atoms with Crippen LogP contribution in [0.5, 0.6) is 0 Å². The van der Waals surface area contributed by atoms with E-state index < -0.39 is 0 Å². The summed E-state index contributed by atoms with van der Waals surface area (Å²) in [5.74, 6) is 0.840. The molecule has 2 aromatic rings. The van der Waals surface area contributed by atoms with Gasteiger partial charge in [0.1, 0.15) is 5.69 Å². The topological polar surface area (TPSA) is 92.9 Å². The highest BCUT2D eigenvalue weighted by Crippen LogP contribution is 2.23. The van der Waals surface area contributed by atoms with Crippen LogP contribution in [-0.4, -0.2) is 34.1 Å². The largest absolute Gasteiger partial charge is 0.332 e. The molecule has 9 heteroatoms. The van der Waals surface area contributed by atoms with Gasteiger partial charge in [-0.25, -0.2) is 4.98 Å². The van der Waals surface area contributed by atoms with Crippen LogP contribution in [-0.2, 0) is 11.2 Å². The van der Waals surface area contributed by atoms with Gasteiger partial charge >= 0.3 is 0 Å². The van der Waals surface area contributed by atoms with Crippen LogP contribution in [0.15, 0.2) is 9.90 Å². The number of thiazole rings is 1. The van der Waals surface area contributed by atoms with Gasteiger partial charge in [-0.05, 0) is 14.0 Å². The molecule has 0 saturated heterocycles. The first-order chi connectivity index (χ1) is 9.08. The van der Waals surface area contributed by atoms with Crippen LogP contribution in [0.4, 0.5) is 5.13 Å². The highest BCUT2D eigenvalue weighted by Gasteiger charge is 2.14. The van der Waals surface area contributed by atoms with E-state index in [1.165, 1.54) is 18.3 Å². The Balaban J connectivity index is 0.00000200. The van der Waals surface area contributed by atoms with Crippen molar-refractivity contribution < 1.29 is 9.32 Å². The Morgan fingerprint density at radius 3 is 2.90 bits per heavy atom. The third kappa shape index (κ3) is 4.26. The molecule has 2 aromatic heterocycles. The first-order valence-corrected chi connectivity index (χ1v) is 6.69. The summed E-state index contributed by atoms with van der Waals surface area (Å²) in [5.41, 5.74) is 0.574. The molecule has 0 saturated carbocycles. The van der Waals surface area contributed by atoms with E-state index in [2.05, 4.69) is 25.8 Å². The number of carbonyl (C=O) groups is 1. The highest BCUT2D eigenvalue weighted by atomic mass is 35.5. The van der Waals surface area contributed by atoms with Crippen LogP contribution >= 0.6 is 23.7 Å². The maximum atomic E-state index is 10.9. The standard InChI is InChI=1S/C11H15N5O2S.ClH/c1-6(12-3)4-9-15-10(18-16-9)8-5-19-11(14-8)13-7(2)17;/h5-6,12H,4H2,1-3H3,(H,13,14,17);1H. The summed E-state index contributed by atoms with van der Waals surface area (Å²) in [5, 5.41) is 11.9. The predicted molar refractivity (Wildman–Crippen MR) is 79.2 cm³/mol. The fraction of sp³-hybridized carbons (Fsp3) is 0.455. The number of amides is 1. The molecule has 0 bridgehead atoms. The van der Waals surface area contributed by atoms with Gasteiger partial charge in [0.15, 0.2) is 11.0 Å². The number of halogens is 1. The second-order valence-electron chi connectivity index (χ2n) is 4.13. The van der Waals surface area contributed by atoms with Crippen LogP contribution in [0, 0.1) is 0 Å². The van der Waals surface area contributed by atoms with Crippen LogP contribution < -0.4 is 10.6 Å². The number of likely N-dealkylation sites (N-methyl/N-ethyl adjacent to an activating group) is 1. The normalized spacial score (nSPS) is 11.8. The quantitative estimate of drug-likeness (QED) is 0.872. The van der Waals surface area contributed by atoms with Gasteiger partial charge < -0.3 is 15.2 Å². The zero-order chi connectivity index (χ0) is 13.8. The Bertz CT molecular complexity index is 571. The van der Waals surface area contributed by atoms with Crippen molar-refractivity contribution in [3.63, 3.8) is 0 Å². The number of rotatable bonds is 5. The van der Waals surface area contributed by atoms with E-state index in [9.17, 15) is 4.79 Å². The fourth-order valence-corrected chi connectivity index (χ4v) is 2.13. The van der Waals surface area contributed by atoms with Crippen molar-refractivity contribution in [3.05, 3.63) is 11.2 Å². The summed E-state index contributed by atoms with van der Waals surface area (Å²) in [6.45, 7) is 3.47. The average molecular weight is 318 g/mol. The summed E-state index contributed by atoms with van der Waals surface area (Å²) < 4.78 is 5.16. The molecule has 7 nitrogen and oxygen atoms in total. The highest BCUT2D eigenvalue weighted by molar-refractivity contribution is 7.14. The van der Waals surface area contributed by atoms with Crippen LogP contribution in [0.3, 0.4) is 0 Å². The number of anilines is 1. The molecular weight excluding hydrogens is 302 g/mol. The van der Waals surface area contributed by atoms with Gasteiger partial charge in [0.05, 0.1) is 0 Å². The SMILES string of the molecule is CNC(C)Cc1noc(-c2csc(NC(C)=O)n2)n1.Cl. The molecule has 2 rings (SSSR count). The lowest BCUT2D eigenvalue weighted by atomic mass is 10.2. The molecule has 0 aliphatic heterocycles. The van der Waals surface area contributed by atoms with Crippen molar-refractivity contribution in [1.82, 2.24) is 20.4 Å². The smallest absolute Gasteiger partial charge is 0.277 e. The molecule has 0 aliphatic carbocycles. The van der Waals surface area contributed by atoms with E-state index in [1.807, 2.05) is 14.0 Å². The van der Waals surface area contributed by atoms with Crippen molar-refractivity contribution in [2.45, 2.75) is 26.3 Å². The number of aromatic nitrogens is 3. The van der Waals surface area contributed by atoms with Gasteiger partial charge in [0, 0.05) is 24.8 Å². The van der Waals surface area contributed by atoms with E-state index in [4.69, 9.17) is 4.52 Å². The van der Waals surface area contributed by atoms with Gasteiger partial charge in [-0.15, -0.1) is 23.7 Å². The Labute approximate surface area is 126 Å². The van der Waals surface area contributed by atoms with E-state index in [0.29, 0.717) is 29.0 Å². The van der Waals surface area contributed by atoms with E-state index in [1.54, 1.807) is 5.38 Å². The molecule has 0 spiro atoms. The van der Waals surface area contributed by atoms with Gasteiger partial charge in [-0.2, -0.15) is 4.98 Å². The summed E-state index contributed by atoms with van der Waals surface area (Å²) in [7, 11) is 1.88. The first-order valence-electron chi connectivity index (χ1n) is 5.82. The molecule has 2 N–H and O–H groups in total. The average Bonchev–Trinajstić information content (AvgIpc) is 2.97. The van der Waals surface area contributed by atoms with Crippen LogP contribution in [0.2, 0.25) is 0 Å². The Kier molecular flexibility index (Phi) is 6.05. The van der Waals surface area contributed by atoms with Crippen molar-refractivity contribution in [1.29, 1.82) is 0 Å². The summed E-state index contributed by atoms with van der Waals surface area (Å²) in [6, 6.07) is 0.274. The number of hydrogen-bond acceptors (Lipinski definition) is 7. The minimum Gasteiger partial charge on any atom is -0.332 e. The summed E-state index contributed by atoms with van der Waals surface area (Å²) in [4.78, 5) is 19.4. The zero-order valence-corrected chi connectivity index (χ0v) is 13.0. The number of hydrogen-bond donors (Lipinski definition) is 2. The predicted octanol–water partition coefficient (Wildman–Crippen LogP) is 1.72. The molecule has 20 heavy (non-hydrogen) atoms. The van der Waals surface area contributed by atoms with Crippen molar-refractivity contribution in [3.8, 4) is 11.6 Å². The maximum Gasteiger partial charge on any atom is 0.277 e. The maximum absolute atomic E-state index is 10.9. The number of nitrogens with one attached hydrogen (secondary N) is 2. The molecule has 2 heterocycles. The molecule has 0 fully saturated rings. The minimum absolute atomic E-state index is 0. The van der Waals surface area contributed by atoms with Gasteiger partial charge in [0.25, 0.3) is 5.89 Å². The van der Waals surface area contributed by atoms with Gasteiger partial charge in [-0.1, -0.05) is 5.16 Å². The third-order valence-electron chi connectivity index (χ3n) is 2.46. The molecule has 0 aliphatic rings. The molecular formula is C11H16ClN5O2S. The van der Waals surface area contributed by atoms with Crippen LogP contribution in [0.1, 0.15) is 19.7 Å². The molecule has 0 radical (unpaired) electrons. The lowest BCUT2D eigenvalue weighted by Crippen LogP contribution is -2.24. The minimum atomic E-state index is -0.157. The molecule has 1 unspecified atom stereocenters. The Morgan fingerprint density at radius 2 is 2.25 bits per heavy atom. The van der Waals surface area contributed by atoms with Crippen molar-refractivity contribution in [2.75, 3.05) is 12.4 Å². The lowest BCUT2D eigenvalue weighted by Gasteiger charge is -2.04. The van der Waals surface area contributed by atoms with Crippen LogP contribution in [0.25, 0.3) is 11.6 Å². The molecule has 0 aromatic carbocycles. The van der Waals surface area contributed by atoms with E-state index >= 15 is 0 Å². The summed E-state index contributed by atoms with van der Waals surface area (Å²) >= 11 is 1.32. The molecule has 1 atom stereocenters. The second kappa shape index (κ2) is 7.32. The Hall–Kier alpha value is -1.51. The Morgan fingerprint density at radius 1 is 1.50 bits per heavy atom. The van der Waals surface area contributed by atoms with E-state index in [0.717, 1.165) is 0 Å². The van der Waals surface area contributed by atoms with E-state index in [-0.39, 0.29) is 24.4 Å². The lowest BCUT2D eigenvalue weighted by molar-refractivity contribution is -0.114. The van der Waals surface area contributed by atoms with Crippen molar-refractivity contribution in [2.24, 2.45) is 0 Å². The molecule has 1 amide bonds. The van der Waals surface area contributed by atoms with Gasteiger partial charge in [-0.3, -0.25) is 4.79 Å². The second-order valence-corrected chi connectivity index (χ2v) is 4.99. The number of nitrogens with zero attached hydrogens (tertiary/aromatic N) is 3. The third-order valence-corrected chi connectivity index (χ3v) is 3.21. The first kappa shape index (κ1) is 16.5. The summed E-state index contributed by atoms with van der Waals surface area (Å²) in [6.07, 6.45) is 0.683. The fourth-order valence-electron chi connectivity index (χ4n) is 1.40.